The summed E-state index contributed by atoms with van der Waals surface area (Å²) in [6.45, 7) is 2.46. The van der Waals surface area contributed by atoms with E-state index in [1.54, 1.807) is 6.07 Å². The van der Waals surface area contributed by atoms with Crippen LogP contribution in [0.5, 0.6) is 0 Å². The number of amides is 3. The minimum atomic E-state index is -3.79. The zero-order valence-corrected chi connectivity index (χ0v) is 17.2. The summed E-state index contributed by atoms with van der Waals surface area (Å²) in [6, 6.07) is 7.53. The largest absolute Gasteiger partial charge is 0.349 e. The molecule has 8 nitrogen and oxygen atoms in total. The van der Waals surface area contributed by atoms with Gasteiger partial charge in [-0.25, -0.2) is 8.42 Å². The van der Waals surface area contributed by atoms with Gasteiger partial charge in [-0.3, -0.25) is 19.7 Å². The van der Waals surface area contributed by atoms with Gasteiger partial charge in [0, 0.05) is 24.0 Å². The van der Waals surface area contributed by atoms with Gasteiger partial charge in [0.25, 0.3) is 17.7 Å². The Morgan fingerprint density at radius 1 is 1.10 bits per heavy atom. The molecule has 0 atom stereocenters. The van der Waals surface area contributed by atoms with Crippen molar-refractivity contribution in [3.8, 4) is 0 Å². The molecule has 4 rings (SSSR count). The number of nitrogens with zero attached hydrogens (tertiary/aromatic N) is 1. The van der Waals surface area contributed by atoms with E-state index in [4.69, 9.17) is 0 Å². The van der Waals surface area contributed by atoms with E-state index < -0.39 is 21.8 Å². The molecule has 1 saturated heterocycles. The second kappa shape index (κ2) is 7.36. The van der Waals surface area contributed by atoms with Gasteiger partial charge in [0.15, 0.2) is 0 Å². The van der Waals surface area contributed by atoms with Gasteiger partial charge in [-0.05, 0) is 50.1 Å². The van der Waals surface area contributed by atoms with E-state index in [0.717, 1.165) is 4.88 Å². The molecule has 1 aromatic carbocycles. The van der Waals surface area contributed by atoms with Crippen molar-refractivity contribution in [1.82, 2.24) is 14.9 Å². The number of sulfonamides is 1. The summed E-state index contributed by atoms with van der Waals surface area (Å²) in [5.41, 5.74) is 0.253. The van der Waals surface area contributed by atoms with E-state index in [2.05, 4.69) is 10.6 Å². The maximum Gasteiger partial charge on any atom is 0.261 e. The molecule has 0 bridgehead atoms. The number of nitrogens with one attached hydrogen (secondary N) is 2. The van der Waals surface area contributed by atoms with Crippen molar-refractivity contribution < 1.29 is 22.8 Å². The molecule has 2 aliphatic heterocycles. The predicted molar refractivity (Wildman–Crippen MR) is 107 cm³/mol. The lowest BCUT2D eigenvalue weighted by molar-refractivity contribution is 0.0876. The summed E-state index contributed by atoms with van der Waals surface area (Å²) >= 11 is 1.42. The summed E-state index contributed by atoms with van der Waals surface area (Å²) in [5.74, 6) is -1.25. The molecule has 2 N–H and O–H groups in total. The Hall–Kier alpha value is -2.56. The second-order valence-electron chi connectivity index (χ2n) is 7.05. The molecule has 0 unspecified atom stereocenters. The van der Waals surface area contributed by atoms with Crippen LogP contribution in [0.2, 0.25) is 0 Å². The fourth-order valence-corrected chi connectivity index (χ4v) is 5.78. The van der Waals surface area contributed by atoms with Gasteiger partial charge in [-0.1, -0.05) is 0 Å². The van der Waals surface area contributed by atoms with Gasteiger partial charge < -0.3 is 5.32 Å². The van der Waals surface area contributed by atoms with Crippen LogP contribution in [0, 0.1) is 6.92 Å². The van der Waals surface area contributed by atoms with E-state index in [9.17, 15) is 22.8 Å². The van der Waals surface area contributed by atoms with Crippen LogP contribution in [-0.4, -0.2) is 49.6 Å². The Bertz CT molecular complexity index is 1110. The Kier molecular flexibility index (Phi) is 5.01. The van der Waals surface area contributed by atoms with E-state index in [1.807, 2.05) is 13.0 Å². The molecule has 152 valence electrons. The fourth-order valence-electron chi connectivity index (χ4n) is 3.51. The molecule has 3 heterocycles. The number of thiophene rings is 1. The average molecular weight is 434 g/mol. The van der Waals surface area contributed by atoms with Gasteiger partial charge >= 0.3 is 0 Å². The van der Waals surface area contributed by atoms with Crippen LogP contribution in [0.25, 0.3) is 0 Å². The molecule has 0 aliphatic carbocycles. The number of carbonyl (C=O) groups excluding carboxylic acids is 3. The highest BCUT2D eigenvalue weighted by Crippen LogP contribution is 2.25. The van der Waals surface area contributed by atoms with Crippen molar-refractivity contribution >= 4 is 39.1 Å². The molecule has 0 radical (unpaired) electrons. The van der Waals surface area contributed by atoms with Crippen molar-refractivity contribution in [2.24, 2.45) is 0 Å². The third kappa shape index (κ3) is 3.70. The maximum atomic E-state index is 13.0. The number of imide groups is 1. The van der Waals surface area contributed by atoms with Crippen molar-refractivity contribution in [2.75, 3.05) is 13.1 Å². The topological polar surface area (TPSA) is 113 Å². The number of aryl methyl sites for hydroxylation is 1. The summed E-state index contributed by atoms with van der Waals surface area (Å²) in [4.78, 5) is 37.4. The highest BCUT2D eigenvalue weighted by atomic mass is 32.2. The monoisotopic (exact) mass is 433 g/mol. The molecule has 29 heavy (non-hydrogen) atoms. The summed E-state index contributed by atoms with van der Waals surface area (Å²) in [5, 5.41) is 5.12. The van der Waals surface area contributed by atoms with E-state index >= 15 is 0 Å². The summed E-state index contributed by atoms with van der Waals surface area (Å²) in [6.07, 6.45) is 0.998. The zero-order chi connectivity index (χ0) is 20.8. The van der Waals surface area contributed by atoms with Crippen LogP contribution in [0.4, 0.5) is 0 Å². The van der Waals surface area contributed by atoms with Crippen LogP contribution < -0.4 is 10.6 Å². The van der Waals surface area contributed by atoms with Gasteiger partial charge in [0.2, 0.25) is 10.0 Å². The lowest BCUT2D eigenvalue weighted by Gasteiger charge is -2.31. The molecule has 10 heteroatoms. The molecule has 0 spiro atoms. The molecular weight excluding hydrogens is 414 g/mol. The first-order chi connectivity index (χ1) is 13.8. The maximum absolute atomic E-state index is 13.0. The third-order valence-corrected chi connectivity index (χ3v) is 7.99. The smallest absolute Gasteiger partial charge is 0.261 e. The van der Waals surface area contributed by atoms with Crippen LogP contribution in [-0.2, 0) is 10.0 Å². The predicted octanol–water partition coefficient (Wildman–Crippen LogP) is 1.52. The Morgan fingerprint density at radius 2 is 1.79 bits per heavy atom. The van der Waals surface area contributed by atoms with Crippen LogP contribution in [0.15, 0.2) is 35.2 Å². The molecule has 3 amide bonds. The Labute approximate surface area is 172 Å². The molecule has 2 aliphatic rings. The van der Waals surface area contributed by atoms with Crippen LogP contribution in [0.1, 0.15) is 48.1 Å². The first-order valence-corrected chi connectivity index (χ1v) is 11.4. The van der Waals surface area contributed by atoms with Gasteiger partial charge in [-0.15, -0.1) is 11.3 Å². The van der Waals surface area contributed by atoms with Crippen molar-refractivity contribution in [3.05, 3.63) is 51.2 Å². The number of carbonyl (C=O) groups is 3. The highest BCUT2D eigenvalue weighted by Gasteiger charge is 2.33. The minimum Gasteiger partial charge on any atom is -0.349 e. The minimum absolute atomic E-state index is 0.0161. The van der Waals surface area contributed by atoms with Gasteiger partial charge in [0.1, 0.15) is 0 Å². The lowest BCUT2D eigenvalue weighted by Crippen LogP contribution is -2.46. The Morgan fingerprint density at radius 3 is 2.45 bits per heavy atom. The normalized spacial score (nSPS) is 17.8. The van der Waals surface area contributed by atoms with Gasteiger partial charge in [0.05, 0.1) is 20.9 Å². The number of piperidine rings is 1. The average Bonchev–Trinajstić information content (AvgIpc) is 3.25. The first-order valence-electron chi connectivity index (χ1n) is 9.13. The SMILES string of the molecule is Cc1ccc(C(=O)NC2CCN(S(=O)(=O)c3ccc4c(c3)C(=O)NC4=O)CC2)s1. The molecule has 2 aromatic rings. The van der Waals surface area contributed by atoms with Crippen molar-refractivity contribution in [2.45, 2.75) is 30.7 Å². The lowest BCUT2D eigenvalue weighted by atomic mass is 10.1. The van der Waals surface area contributed by atoms with Crippen LogP contribution >= 0.6 is 11.3 Å². The number of rotatable bonds is 4. The summed E-state index contributed by atoms with van der Waals surface area (Å²) < 4.78 is 27.3. The fraction of sp³-hybridized carbons (Fsp3) is 0.316. The van der Waals surface area contributed by atoms with Gasteiger partial charge in [-0.2, -0.15) is 4.31 Å². The number of benzene rings is 1. The van der Waals surface area contributed by atoms with Crippen molar-refractivity contribution in [1.29, 1.82) is 0 Å². The Balaban J connectivity index is 1.43. The number of hydrogen-bond donors (Lipinski definition) is 2. The zero-order valence-electron chi connectivity index (χ0n) is 15.6. The second-order valence-corrected chi connectivity index (χ2v) is 10.3. The number of hydrogen-bond acceptors (Lipinski definition) is 6. The third-order valence-electron chi connectivity index (χ3n) is 5.10. The molecule has 1 aromatic heterocycles. The van der Waals surface area contributed by atoms with Crippen molar-refractivity contribution in [3.63, 3.8) is 0 Å². The first kappa shape index (κ1) is 19.7. The standard InChI is InChI=1S/C19H19N3O5S2/c1-11-2-5-16(28-11)19(25)20-12-6-8-22(9-7-12)29(26,27)13-3-4-14-15(10-13)18(24)21-17(14)23/h2-5,10,12H,6-9H2,1H3,(H,20,25)(H,21,23,24). The van der Waals surface area contributed by atoms with E-state index in [0.29, 0.717) is 17.7 Å². The summed E-state index contributed by atoms with van der Waals surface area (Å²) in [7, 11) is -3.79. The molecule has 0 saturated carbocycles. The molecule has 1 fully saturated rings. The van der Waals surface area contributed by atoms with E-state index in [1.165, 1.54) is 33.8 Å². The highest BCUT2D eigenvalue weighted by molar-refractivity contribution is 7.89. The quantitative estimate of drug-likeness (QED) is 0.710. The molecular formula is C19H19N3O5S2. The number of fused-ring (bicyclic) bond motifs is 1. The van der Waals surface area contributed by atoms with E-state index in [-0.39, 0.29) is 41.1 Å². The van der Waals surface area contributed by atoms with Crippen LogP contribution in [0.3, 0.4) is 0 Å².